The van der Waals surface area contributed by atoms with Crippen LogP contribution < -0.4 is 0 Å². The molecule has 0 fully saturated rings. The first-order valence-electron chi connectivity index (χ1n) is 3.46. The summed E-state index contributed by atoms with van der Waals surface area (Å²) >= 11 is 0. The van der Waals surface area contributed by atoms with E-state index in [-0.39, 0.29) is 5.78 Å². The summed E-state index contributed by atoms with van der Waals surface area (Å²) in [5.41, 5.74) is 1.98. The van der Waals surface area contributed by atoms with Crippen molar-refractivity contribution in [1.29, 1.82) is 0 Å². The molecule has 1 aliphatic carbocycles. The van der Waals surface area contributed by atoms with Crippen LogP contribution in [0, 0.1) is 0 Å². The summed E-state index contributed by atoms with van der Waals surface area (Å²) < 4.78 is 0. The van der Waals surface area contributed by atoms with E-state index in [1.165, 1.54) is 12.2 Å². The van der Waals surface area contributed by atoms with Gasteiger partial charge < -0.3 is 0 Å². The van der Waals surface area contributed by atoms with Gasteiger partial charge in [0.15, 0.2) is 5.78 Å². The maximum Gasteiger partial charge on any atom is 0.178 e. The third-order valence-electron chi connectivity index (χ3n) is 1.56. The van der Waals surface area contributed by atoms with Gasteiger partial charge in [-0.1, -0.05) is 24.8 Å². The van der Waals surface area contributed by atoms with Gasteiger partial charge in [0, 0.05) is 0 Å². The van der Waals surface area contributed by atoms with E-state index in [1.807, 2.05) is 13.0 Å². The van der Waals surface area contributed by atoms with E-state index in [4.69, 9.17) is 0 Å². The Morgan fingerprint density at radius 3 is 2.73 bits per heavy atom. The lowest BCUT2D eigenvalue weighted by molar-refractivity contribution is -0.110. The van der Waals surface area contributed by atoms with Gasteiger partial charge in [-0.3, -0.25) is 4.79 Å². The van der Waals surface area contributed by atoms with Crippen molar-refractivity contribution in [2.45, 2.75) is 6.92 Å². The molecule has 0 aromatic rings. The number of ketones is 1. The molecule has 1 aliphatic rings. The zero-order valence-corrected chi connectivity index (χ0v) is 6.50. The zero-order valence-electron chi connectivity index (χ0n) is 6.50. The van der Waals surface area contributed by atoms with Crippen LogP contribution in [0.5, 0.6) is 0 Å². The molecule has 0 radical (unpaired) electrons. The van der Waals surface area contributed by atoms with Crippen molar-refractivity contribution in [2.24, 2.45) is 0 Å². The molecule has 0 amide bonds. The fourth-order valence-corrected chi connectivity index (χ4v) is 0.764. The predicted molar refractivity (Wildman–Crippen MR) is 46.2 cm³/mol. The number of hydrogen-bond donors (Lipinski definition) is 0. The van der Waals surface area contributed by atoms with Gasteiger partial charge in [0.1, 0.15) is 0 Å². The summed E-state index contributed by atoms with van der Waals surface area (Å²) in [5.74, 6) is 0.00917. The van der Waals surface area contributed by atoms with Crippen LogP contribution in [0.15, 0.2) is 48.1 Å². The molecule has 0 atom stereocenters. The Balaban J connectivity index is 3.01. The van der Waals surface area contributed by atoms with Crippen molar-refractivity contribution >= 4 is 5.78 Å². The van der Waals surface area contributed by atoms with Crippen LogP contribution in [-0.4, -0.2) is 5.78 Å². The maximum absolute atomic E-state index is 10.8. The minimum atomic E-state index is 0.00917. The maximum atomic E-state index is 10.8. The summed E-state index contributed by atoms with van der Waals surface area (Å²) in [4.78, 5) is 10.8. The molecule has 0 saturated heterocycles. The smallest absolute Gasteiger partial charge is 0.178 e. The quantitative estimate of drug-likeness (QED) is 0.512. The number of hydrogen-bond acceptors (Lipinski definition) is 1. The predicted octanol–water partition coefficient (Wildman–Crippen LogP) is 2.18. The van der Waals surface area contributed by atoms with Crippen LogP contribution in [0.3, 0.4) is 0 Å². The molecule has 0 aromatic carbocycles. The molecule has 11 heavy (non-hydrogen) atoms. The fourth-order valence-electron chi connectivity index (χ4n) is 0.764. The molecule has 56 valence electrons. The topological polar surface area (TPSA) is 17.1 Å². The average Bonchev–Trinajstić information content (AvgIpc) is 1.98. The molecular weight excluding hydrogens is 136 g/mol. The first kappa shape index (κ1) is 7.73. The monoisotopic (exact) mass is 146 g/mol. The lowest BCUT2D eigenvalue weighted by atomic mass is 10.1. The molecule has 0 N–H and O–H groups in total. The first-order chi connectivity index (χ1) is 5.20. The minimum absolute atomic E-state index is 0.00917. The Labute approximate surface area is 66.4 Å². The van der Waals surface area contributed by atoms with E-state index in [1.54, 1.807) is 12.2 Å². The standard InChI is InChI=1S/C10H10O/c1-8-4-3-5-10(11)7-6-9(8)2/h3-7H,2H2,1H3/b5-3-,7-6-,8-4?. The van der Waals surface area contributed by atoms with Gasteiger partial charge in [-0.15, -0.1) is 0 Å². The summed E-state index contributed by atoms with van der Waals surface area (Å²) in [7, 11) is 0. The molecule has 0 saturated carbocycles. The molecule has 0 heterocycles. The summed E-state index contributed by atoms with van der Waals surface area (Å²) in [5, 5.41) is 0. The van der Waals surface area contributed by atoms with Gasteiger partial charge >= 0.3 is 0 Å². The van der Waals surface area contributed by atoms with Gasteiger partial charge in [0.2, 0.25) is 0 Å². The molecule has 1 rings (SSSR count). The molecule has 0 spiro atoms. The first-order valence-corrected chi connectivity index (χ1v) is 3.46. The largest absolute Gasteiger partial charge is 0.290 e. The number of allylic oxidation sites excluding steroid dienone is 7. The number of rotatable bonds is 0. The minimum Gasteiger partial charge on any atom is -0.290 e. The fraction of sp³-hybridized carbons (Fsp3) is 0.100. The van der Waals surface area contributed by atoms with Gasteiger partial charge in [-0.2, -0.15) is 0 Å². The van der Waals surface area contributed by atoms with E-state index in [2.05, 4.69) is 6.58 Å². The van der Waals surface area contributed by atoms with Crippen LogP contribution in [0.25, 0.3) is 0 Å². The molecule has 0 aliphatic heterocycles. The molecule has 0 bridgehead atoms. The van der Waals surface area contributed by atoms with Crippen molar-refractivity contribution in [3.8, 4) is 0 Å². The normalized spacial score (nSPS) is 23.5. The van der Waals surface area contributed by atoms with E-state index >= 15 is 0 Å². The number of carbonyl (C=O) groups excluding carboxylic acids is 1. The highest BCUT2D eigenvalue weighted by atomic mass is 16.1. The van der Waals surface area contributed by atoms with Crippen LogP contribution in [0.1, 0.15) is 6.92 Å². The highest BCUT2D eigenvalue weighted by molar-refractivity contribution is 6.00. The average molecular weight is 146 g/mol. The van der Waals surface area contributed by atoms with Gasteiger partial charge in [-0.25, -0.2) is 0 Å². The Kier molecular flexibility index (Phi) is 2.21. The van der Waals surface area contributed by atoms with Gasteiger partial charge in [0.25, 0.3) is 0 Å². The second kappa shape index (κ2) is 3.15. The zero-order chi connectivity index (χ0) is 8.27. The van der Waals surface area contributed by atoms with E-state index in [0.29, 0.717) is 0 Å². The highest BCUT2D eigenvalue weighted by Gasteiger charge is 1.95. The lowest BCUT2D eigenvalue weighted by Crippen LogP contribution is -1.89. The Bertz CT molecular complexity index is 277. The van der Waals surface area contributed by atoms with Crippen LogP contribution in [-0.2, 0) is 4.79 Å². The van der Waals surface area contributed by atoms with E-state index in [0.717, 1.165) is 11.1 Å². The van der Waals surface area contributed by atoms with Crippen molar-refractivity contribution < 1.29 is 4.79 Å². The summed E-state index contributed by atoms with van der Waals surface area (Å²) in [6.07, 6.45) is 8.41. The van der Waals surface area contributed by atoms with Crippen molar-refractivity contribution in [3.63, 3.8) is 0 Å². The molecule has 1 nitrogen and oxygen atoms in total. The van der Waals surface area contributed by atoms with Gasteiger partial charge in [-0.05, 0) is 30.2 Å². The van der Waals surface area contributed by atoms with Crippen molar-refractivity contribution in [2.75, 3.05) is 0 Å². The Hall–Kier alpha value is -1.37. The highest BCUT2D eigenvalue weighted by Crippen LogP contribution is 2.09. The molecule has 0 unspecified atom stereocenters. The van der Waals surface area contributed by atoms with Gasteiger partial charge in [0.05, 0.1) is 0 Å². The van der Waals surface area contributed by atoms with Crippen LogP contribution in [0.4, 0.5) is 0 Å². The third kappa shape index (κ3) is 2.04. The van der Waals surface area contributed by atoms with Crippen molar-refractivity contribution in [3.05, 3.63) is 48.1 Å². The van der Waals surface area contributed by atoms with E-state index < -0.39 is 0 Å². The molecule has 1 heteroatoms. The van der Waals surface area contributed by atoms with Crippen LogP contribution >= 0.6 is 0 Å². The molecular formula is C10H10O. The number of carbonyl (C=O) groups is 1. The van der Waals surface area contributed by atoms with E-state index in [9.17, 15) is 4.79 Å². The van der Waals surface area contributed by atoms with Crippen molar-refractivity contribution in [1.82, 2.24) is 0 Å². The SMILES string of the molecule is C=C1/C=C\C(=O)/C=C\C=C1C. The summed E-state index contributed by atoms with van der Waals surface area (Å²) in [6, 6.07) is 0. The molecule has 0 aromatic heterocycles. The Morgan fingerprint density at radius 2 is 2.00 bits per heavy atom. The third-order valence-corrected chi connectivity index (χ3v) is 1.56. The summed E-state index contributed by atoms with van der Waals surface area (Å²) in [6.45, 7) is 5.76. The Morgan fingerprint density at radius 1 is 1.27 bits per heavy atom. The lowest BCUT2D eigenvalue weighted by Gasteiger charge is -1.99. The second-order valence-electron chi connectivity index (χ2n) is 2.47. The second-order valence-corrected chi connectivity index (χ2v) is 2.47. The van der Waals surface area contributed by atoms with Crippen LogP contribution in [0.2, 0.25) is 0 Å².